The van der Waals surface area contributed by atoms with Crippen LogP contribution in [0.3, 0.4) is 0 Å². The predicted octanol–water partition coefficient (Wildman–Crippen LogP) is 2.84. The standard InChI is InChI=1S/C12H14BrN3/c1-9-4-3-5-10(2)12(9)8-16-7-11(6-13)14-15-16/h3-5,7H,6,8H2,1-2H3. The van der Waals surface area contributed by atoms with E-state index < -0.39 is 0 Å². The summed E-state index contributed by atoms with van der Waals surface area (Å²) in [5.41, 5.74) is 4.89. The SMILES string of the molecule is Cc1cccc(C)c1Cn1cc(CBr)nn1. The zero-order valence-electron chi connectivity index (χ0n) is 9.44. The lowest BCUT2D eigenvalue weighted by atomic mass is 10.0. The smallest absolute Gasteiger partial charge is 0.0932 e. The van der Waals surface area contributed by atoms with Gasteiger partial charge in [0.2, 0.25) is 0 Å². The van der Waals surface area contributed by atoms with E-state index in [1.807, 2.05) is 10.9 Å². The molecule has 0 unspecified atom stereocenters. The zero-order chi connectivity index (χ0) is 11.5. The van der Waals surface area contributed by atoms with Crippen molar-refractivity contribution in [3.8, 4) is 0 Å². The van der Waals surface area contributed by atoms with E-state index in [1.54, 1.807) is 0 Å². The van der Waals surface area contributed by atoms with Gasteiger partial charge in [0.15, 0.2) is 0 Å². The number of aryl methyl sites for hydroxylation is 2. The van der Waals surface area contributed by atoms with E-state index in [9.17, 15) is 0 Å². The van der Waals surface area contributed by atoms with E-state index in [1.165, 1.54) is 16.7 Å². The molecule has 0 bridgehead atoms. The maximum absolute atomic E-state index is 4.10. The quantitative estimate of drug-likeness (QED) is 0.809. The van der Waals surface area contributed by atoms with Crippen molar-refractivity contribution in [2.24, 2.45) is 0 Å². The van der Waals surface area contributed by atoms with E-state index in [4.69, 9.17) is 0 Å². The molecule has 0 spiro atoms. The molecule has 1 heterocycles. The molecule has 0 saturated heterocycles. The number of halogens is 1. The van der Waals surface area contributed by atoms with Gasteiger partial charge in [0.25, 0.3) is 0 Å². The minimum absolute atomic E-state index is 0.750. The second kappa shape index (κ2) is 4.78. The van der Waals surface area contributed by atoms with Crippen molar-refractivity contribution < 1.29 is 0 Å². The van der Waals surface area contributed by atoms with Crippen molar-refractivity contribution in [1.29, 1.82) is 0 Å². The highest BCUT2D eigenvalue weighted by atomic mass is 79.9. The summed E-state index contributed by atoms with van der Waals surface area (Å²) in [4.78, 5) is 0. The van der Waals surface area contributed by atoms with E-state index in [0.29, 0.717) is 0 Å². The first kappa shape index (κ1) is 11.3. The van der Waals surface area contributed by atoms with Gasteiger partial charge in [-0.15, -0.1) is 5.10 Å². The summed E-state index contributed by atoms with van der Waals surface area (Å²) in [7, 11) is 0. The van der Waals surface area contributed by atoms with Crippen molar-refractivity contribution in [1.82, 2.24) is 15.0 Å². The fraction of sp³-hybridized carbons (Fsp3) is 0.333. The van der Waals surface area contributed by atoms with Crippen LogP contribution in [-0.4, -0.2) is 15.0 Å². The first-order valence-electron chi connectivity index (χ1n) is 5.21. The van der Waals surface area contributed by atoms with Crippen LogP contribution in [0.1, 0.15) is 22.4 Å². The molecule has 0 atom stereocenters. The van der Waals surface area contributed by atoms with Gasteiger partial charge >= 0.3 is 0 Å². The summed E-state index contributed by atoms with van der Waals surface area (Å²) in [6.45, 7) is 5.05. The second-order valence-corrected chi connectivity index (χ2v) is 4.47. The van der Waals surface area contributed by atoms with Crippen LogP contribution in [0.2, 0.25) is 0 Å². The van der Waals surface area contributed by atoms with Crippen molar-refractivity contribution >= 4 is 15.9 Å². The number of rotatable bonds is 3. The summed E-state index contributed by atoms with van der Waals surface area (Å²) >= 11 is 3.37. The molecule has 0 fully saturated rings. The summed E-state index contributed by atoms with van der Waals surface area (Å²) in [6.07, 6.45) is 1.97. The zero-order valence-corrected chi connectivity index (χ0v) is 11.0. The third kappa shape index (κ3) is 2.32. The molecule has 0 N–H and O–H groups in total. The molecule has 0 aliphatic rings. The Morgan fingerprint density at radius 3 is 2.50 bits per heavy atom. The van der Waals surface area contributed by atoms with Gasteiger partial charge in [-0.1, -0.05) is 39.3 Å². The monoisotopic (exact) mass is 279 g/mol. The average molecular weight is 280 g/mol. The normalized spacial score (nSPS) is 10.7. The van der Waals surface area contributed by atoms with Crippen LogP contribution in [0.25, 0.3) is 0 Å². The first-order chi connectivity index (χ1) is 7.70. The lowest BCUT2D eigenvalue weighted by molar-refractivity contribution is 0.645. The number of alkyl halides is 1. The molecule has 3 nitrogen and oxygen atoms in total. The number of nitrogens with zero attached hydrogens (tertiary/aromatic N) is 3. The Morgan fingerprint density at radius 1 is 1.25 bits per heavy atom. The Bertz CT molecular complexity index is 471. The summed E-state index contributed by atoms with van der Waals surface area (Å²) in [5, 5.41) is 8.91. The van der Waals surface area contributed by atoms with Crippen LogP contribution < -0.4 is 0 Å². The van der Waals surface area contributed by atoms with Crippen LogP contribution in [0, 0.1) is 13.8 Å². The Kier molecular flexibility index (Phi) is 3.39. The summed E-state index contributed by atoms with van der Waals surface area (Å²) in [6, 6.07) is 6.34. The van der Waals surface area contributed by atoms with Crippen LogP contribution in [-0.2, 0) is 11.9 Å². The Labute approximate surface area is 104 Å². The van der Waals surface area contributed by atoms with Gasteiger partial charge in [0.1, 0.15) is 0 Å². The predicted molar refractivity (Wildman–Crippen MR) is 67.7 cm³/mol. The lowest BCUT2D eigenvalue weighted by Gasteiger charge is -2.08. The summed E-state index contributed by atoms with van der Waals surface area (Å²) in [5.74, 6) is 0. The molecular formula is C12H14BrN3. The average Bonchev–Trinajstić information content (AvgIpc) is 2.71. The highest BCUT2D eigenvalue weighted by molar-refractivity contribution is 9.08. The molecule has 16 heavy (non-hydrogen) atoms. The number of benzene rings is 1. The van der Waals surface area contributed by atoms with Crippen molar-refractivity contribution in [3.05, 3.63) is 46.8 Å². The second-order valence-electron chi connectivity index (χ2n) is 3.91. The number of hydrogen-bond donors (Lipinski definition) is 0. The molecule has 2 aromatic rings. The first-order valence-corrected chi connectivity index (χ1v) is 6.33. The number of hydrogen-bond acceptors (Lipinski definition) is 2. The van der Waals surface area contributed by atoms with Crippen LogP contribution in [0.15, 0.2) is 24.4 Å². The van der Waals surface area contributed by atoms with Crippen molar-refractivity contribution in [2.75, 3.05) is 0 Å². The maximum atomic E-state index is 4.10. The molecule has 4 heteroatoms. The highest BCUT2D eigenvalue weighted by Crippen LogP contribution is 2.14. The molecule has 84 valence electrons. The Hall–Kier alpha value is -1.16. The third-order valence-corrected chi connectivity index (χ3v) is 3.26. The van der Waals surface area contributed by atoms with Crippen LogP contribution in [0.4, 0.5) is 0 Å². The van der Waals surface area contributed by atoms with Gasteiger partial charge < -0.3 is 0 Å². The fourth-order valence-corrected chi connectivity index (χ4v) is 1.99. The molecule has 0 radical (unpaired) electrons. The lowest BCUT2D eigenvalue weighted by Crippen LogP contribution is -2.04. The van der Waals surface area contributed by atoms with Gasteiger partial charge in [-0.3, -0.25) is 0 Å². The maximum Gasteiger partial charge on any atom is 0.0932 e. The van der Waals surface area contributed by atoms with E-state index in [-0.39, 0.29) is 0 Å². The van der Waals surface area contributed by atoms with E-state index >= 15 is 0 Å². The van der Waals surface area contributed by atoms with Gasteiger partial charge in [0.05, 0.1) is 12.2 Å². The van der Waals surface area contributed by atoms with Crippen LogP contribution >= 0.6 is 15.9 Å². The molecular weight excluding hydrogens is 266 g/mol. The topological polar surface area (TPSA) is 30.7 Å². The van der Waals surface area contributed by atoms with Gasteiger partial charge in [-0.05, 0) is 30.5 Å². The van der Waals surface area contributed by atoms with E-state index in [0.717, 1.165) is 17.6 Å². The van der Waals surface area contributed by atoms with Crippen LogP contribution in [0.5, 0.6) is 0 Å². The largest absolute Gasteiger partial charge is 0.248 e. The molecule has 0 aliphatic heterocycles. The molecule has 0 aliphatic carbocycles. The highest BCUT2D eigenvalue weighted by Gasteiger charge is 2.05. The van der Waals surface area contributed by atoms with E-state index in [2.05, 4.69) is 58.3 Å². The van der Waals surface area contributed by atoms with Crippen molar-refractivity contribution in [3.63, 3.8) is 0 Å². The van der Waals surface area contributed by atoms with Gasteiger partial charge in [0, 0.05) is 11.5 Å². The molecule has 0 amide bonds. The summed E-state index contributed by atoms with van der Waals surface area (Å²) < 4.78 is 1.88. The van der Waals surface area contributed by atoms with Crippen molar-refractivity contribution in [2.45, 2.75) is 25.7 Å². The Balaban J connectivity index is 2.26. The van der Waals surface area contributed by atoms with Gasteiger partial charge in [-0.25, -0.2) is 4.68 Å². The number of aromatic nitrogens is 3. The molecule has 0 saturated carbocycles. The minimum atomic E-state index is 0.750. The Morgan fingerprint density at radius 2 is 1.94 bits per heavy atom. The fourth-order valence-electron chi connectivity index (χ4n) is 1.74. The molecule has 1 aromatic carbocycles. The molecule has 2 rings (SSSR count). The third-order valence-electron chi connectivity index (χ3n) is 2.69. The minimum Gasteiger partial charge on any atom is -0.248 e. The van der Waals surface area contributed by atoms with Gasteiger partial charge in [-0.2, -0.15) is 0 Å². The molecule has 1 aromatic heterocycles.